The van der Waals surface area contributed by atoms with E-state index in [1.807, 2.05) is 18.3 Å². The minimum atomic E-state index is -0.277. The van der Waals surface area contributed by atoms with Crippen LogP contribution in [0.3, 0.4) is 0 Å². The van der Waals surface area contributed by atoms with E-state index in [-0.39, 0.29) is 24.2 Å². The van der Waals surface area contributed by atoms with Crippen molar-refractivity contribution in [3.05, 3.63) is 23.9 Å². The number of likely N-dealkylation sites (tertiary alicyclic amines) is 1. The Labute approximate surface area is 148 Å². The second-order valence-corrected chi connectivity index (χ2v) is 6.67. The van der Waals surface area contributed by atoms with Gasteiger partial charge in [-0.05, 0) is 24.5 Å². The van der Waals surface area contributed by atoms with Crippen LogP contribution < -0.4 is 10.2 Å². The van der Waals surface area contributed by atoms with Gasteiger partial charge in [-0.15, -0.1) is 0 Å². The number of ether oxygens (including phenoxy) is 1. The zero-order chi connectivity index (χ0) is 17.6. The highest BCUT2D eigenvalue weighted by atomic mass is 16.5. The van der Waals surface area contributed by atoms with E-state index in [2.05, 4.69) is 15.2 Å². The molecule has 1 atom stereocenters. The second-order valence-electron chi connectivity index (χ2n) is 6.67. The number of methoxy groups -OCH3 is 1. The van der Waals surface area contributed by atoms with E-state index in [1.54, 1.807) is 12.0 Å². The molecule has 136 valence electrons. The molecule has 1 aromatic rings. The van der Waals surface area contributed by atoms with Crippen LogP contribution in [0.4, 0.5) is 5.82 Å². The molecule has 3 rings (SSSR count). The fourth-order valence-electron chi connectivity index (χ4n) is 3.35. The lowest BCUT2D eigenvalue weighted by molar-refractivity contribution is -0.129. The largest absolute Gasteiger partial charge is 0.383 e. The Bertz CT molecular complexity index is 599. The molecule has 2 fully saturated rings. The van der Waals surface area contributed by atoms with Gasteiger partial charge in [-0.25, -0.2) is 4.98 Å². The summed E-state index contributed by atoms with van der Waals surface area (Å²) in [7, 11) is 1.60. The SMILES string of the molecule is COCCN1C[C@@H](C(=O)NCc2ccc(N3CCCC3)nc2)CC1=O. The quantitative estimate of drug-likeness (QED) is 0.790. The summed E-state index contributed by atoms with van der Waals surface area (Å²) in [6.45, 7) is 4.09. The van der Waals surface area contributed by atoms with E-state index in [9.17, 15) is 9.59 Å². The number of pyridine rings is 1. The van der Waals surface area contributed by atoms with Crippen molar-refractivity contribution in [1.29, 1.82) is 0 Å². The Balaban J connectivity index is 1.46. The third kappa shape index (κ3) is 4.48. The molecule has 7 nitrogen and oxygen atoms in total. The molecule has 1 N–H and O–H groups in total. The molecule has 2 saturated heterocycles. The second kappa shape index (κ2) is 8.29. The van der Waals surface area contributed by atoms with Crippen LogP contribution >= 0.6 is 0 Å². The minimum Gasteiger partial charge on any atom is -0.383 e. The number of hydrogen-bond donors (Lipinski definition) is 1. The molecule has 0 aromatic carbocycles. The van der Waals surface area contributed by atoms with Crippen LogP contribution in [0.5, 0.6) is 0 Å². The fourth-order valence-corrected chi connectivity index (χ4v) is 3.35. The summed E-state index contributed by atoms with van der Waals surface area (Å²) in [4.78, 5) is 32.7. The first-order chi connectivity index (χ1) is 12.2. The average Bonchev–Trinajstić information content (AvgIpc) is 3.28. The lowest BCUT2D eigenvalue weighted by Crippen LogP contribution is -2.33. The Hall–Kier alpha value is -2.15. The maximum atomic E-state index is 12.3. The predicted octanol–water partition coefficient (Wildman–Crippen LogP) is 0.793. The maximum Gasteiger partial charge on any atom is 0.225 e. The van der Waals surface area contributed by atoms with Crippen LogP contribution in [-0.2, 0) is 20.9 Å². The van der Waals surface area contributed by atoms with Crippen LogP contribution in [0.25, 0.3) is 0 Å². The highest BCUT2D eigenvalue weighted by Gasteiger charge is 2.33. The molecule has 0 unspecified atom stereocenters. The van der Waals surface area contributed by atoms with Crippen LogP contribution in [0.1, 0.15) is 24.8 Å². The third-order valence-electron chi connectivity index (χ3n) is 4.86. The van der Waals surface area contributed by atoms with Crippen molar-refractivity contribution in [2.45, 2.75) is 25.8 Å². The molecular weight excluding hydrogens is 320 g/mol. The number of nitrogens with one attached hydrogen (secondary N) is 1. The number of anilines is 1. The monoisotopic (exact) mass is 346 g/mol. The van der Waals surface area contributed by atoms with Crippen LogP contribution in [0, 0.1) is 5.92 Å². The number of rotatable bonds is 7. The van der Waals surface area contributed by atoms with Gasteiger partial charge in [0.05, 0.1) is 12.5 Å². The molecular formula is C18H26N4O3. The first kappa shape index (κ1) is 17.7. The molecule has 3 heterocycles. The van der Waals surface area contributed by atoms with Crippen molar-refractivity contribution in [3.63, 3.8) is 0 Å². The molecule has 2 amide bonds. The van der Waals surface area contributed by atoms with Crippen molar-refractivity contribution >= 4 is 17.6 Å². The molecule has 2 aliphatic rings. The highest BCUT2D eigenvalue weighted by molar-refractivity contribution is 5.89. The molecule has 7 heteroatoms. The molecule has 0 bridgehead atoms. The molecule has 0 saturated carbocycles. The lowest BCUT2D eigenvalue weighted by Gasteiger charge is -2.17. The van der Waals surface area contributed by atoms with E-state index < -0.39 is 0 Å². The van der Waals surface area contributed by atoms with Gasteiger partial charge in [0.1, 0.15) is 5.82 Å². The van der Waals surface area contributed by atoms with Gasteiger partial charge in [-0.2, -0.15) is 0 Å². The molecule has 2 aliphatic heterocycles. The van der Waals surface area contributed by atoms with Crippen LogP contribution in [0.2, 0.25) is 0 Å². The number of amides is 2. The van der Waals surface area contributed by atoms with E-state index in [0.717, 1.165) is 24.5 Å². The molecule has 0 radical (unpaired) electrons. The first-order valence-corrected chi connectivity index (χ1v) is 8.91. The van der Waals surface area contributed by atoms with Gasteiger partial charge in [0.15, 0.2) is 0 Å². The van der Waals surface area contributed by atoms with Crippen molar-refractivity contribution in [2.75, 3.05) is 44.8 Å². The summed E-state index contributed by atoms with van der Waals surface area (Å²) in [5.41, 5.74) is 0.969. The predicted molar refractivity (Wildman–Crippen MR) is 94.1 cm³/mol. The van der Waals surface area contributed by atoms with Crippen molar-refractivity contribution in [2.24, 2.45) is 5.92 Å². The van der Waals surface area contributed by atoms with Crippen molar-refractivity contribution in [3.8, 4) is 0 Å². The van der Waals surface area contributed by atoms with E-state index in [1.165, 1.54) is 12.8 Å². The van der Waals surface area contributed by atoms with E-state index >= 15 is 0 Å². The van der Waals surface area contributed by atoms with Gasteiger partial charge in [-0.3, -0.25) is 9.59 Å². The molecule has 0 spiro atoms. The topological polar surface area (TPSA) is 74.8 Å². The van der Waals surface area contributed by atoms with Gasteiger partial charge in [-0.1, -0.05) is 6.07 Å². The third-order valence-corrected chi connectivity index (χ3v) is 4.86. The van der Waals surface area contributed by atoms with Gasteiger partial charge in [0.2, 0.25) is 11.8 Å². The number of carbonyl (C=O) groups excluding carboxylic acids is 2. The van der Waals surface area contributed by atoms with E-state index in [0.29, 0.717) is 26.2 Å². The van der Waals surface area contributed by atoms with Crippen LogP contribution in [0.15, 0.2) is 18.3 Å². The Kier molecular flexibility index (Phi) is 5.86. The van der Waals surface area contributed by atoms with E-state index in [4.69, 9.17) is 4.74 Å². The average molecular weight is 346 g/mol. The molecule has 1 aromatic heterocycles. The summed E-state index contributed by atoms with van der Waals surface area (Å²) in [6, 6.07) is 4.02. The Morgan fingerprint density at radius 3 is 2.84 bits per heavy atom. The molecule has 0 aliphatic carbocycles. The maximum absolute atomic E-state index is 12.3. The smallest absolute Gasteiger partial charge is 0.225 e. The minimum absolute atomic E-state index is 0.0221. The molecule has 25 heavy (non-hydrogen) atoms. The van der Waals surface area contributed by atoms with Gasteiger partial charge < -0.3 is 19.9 Å². The summed E-state index contributed by atoms with van der Waals surface area (Å²) < 4.78 is 4.99. The van der Waals surface area contributed by atoms with Crippen molar-refractivity contribution < 1.29 is 14.3 Å². The number of carbonyl (C=O) groups is 2. The van der Waals surface area contributed by atoms with Crippen LogP contribution in [-0.4, -0.2) is 61.6 Å². The highest BCUT2D eigenvalue weighted by Crippen LogP contribution is 2.19. The summed E-state index contributed by atoms with van der Waals surface area (Å²) in [6.07, 6.45) is 4.54. The lowest BCUT2D eigenvalue weighted by atomic mass is 10.1. The van der Waals surface area contributed by atoms with Gasteiger partial charge in [0, 0.05) is 52.5 Å². The Morgan fingerprint density at radius 1 is 1.36 bits per heavy atom. The standard InChI is InChI=1S/C18H26N4O3/c1-25-9-8-22-13-15(10-17(22)23)18(24)20-12-14-4-5-16(19-11-14)21-6-2-3-7-21/h4-5,11,15H,2-3,6-10,12-13H2,1H3,(H,20,24)/t15-/m0/s1. The number of hydrogen-bond acceptors (Lipinski definition) is 5. The fraction of sp³-hybridized carbons (Fsp3) is 0.611. The first-order valence-electron chi connectivity index (χ1n) is 8.91. The normalized spacial score (nSPS) is 20.4. The van der Waals surface area contributed by atoms with Gasteiger partial charge >= 0.3 is 0 Å². The summed E-state index contributed by atoms with van der Waals surface area (Å²) in [5.74, 6) is 0.676. The number of nitrogens with zero attached hydrogens (tertiary/aromatic N) is 3. The summed E-state index contributed by atoms with van der Waals surface area (Å²) >= 11 is 0. The zero-order valence-corrected chi connectivity index (χ0v) is 14.7. The van der Waals surface area contributed by atoms with Crippen molar-refractivity contribution in [1.82, 2.24) is 15.2 Å². The summed E-state index contributed by atoms with van der Waals surface area (Å²) in [5, 5.41) is 2.92. The van der Waals surface area contributed by atoms with Gasteiger partial charge in [0.25, 0.3) is 0 Å². The zero-order valence-electron chi connectivity index (χ0n) is 14.7. The Morgan fingerprint density at radius 2 is 2.16 bits per heavy atom. The number of aromatic nitrogens is 1.